The van der Waals surface area contributed by atoms with Gasteiger partial charge in [0.1, 0.15) is 0 Å². The molecule has 1 aliphatic carbocycles. The molecule has 1 saturated carbocycles. The van der Waals surface area contributed by atoms with E-state index in [1.807, 2.05) is 13.1 Å². The third-order valence-electron chi connectivity index (χ3n) is 3.90. The van der Waals surface area contributed by atoms with E-state index in [0.29, 0.717) is 0 Å². The second-order valence-corrected chi connectivity index (χ2v) is 5.08. The summed E-state index contributed by atoms with van der Waals surface area (Å²) in [6, 6.07) is 10.4. The zero-order valence-electron chi connectivity index (χ0n) is 12.0. The highest BCUT2D eigenvalue weighted by Gasteiger charge is 2.16. The SMILES string of the molecule is C\C=C(/C=C\C(=N\C)c1ccccc1)C1CCCC1. The van der Waals surface area contributed by atoms with Crippen molar-refractivity contribution in [3.63, 3.8) is 0 Å². The minimum absolute atomic E-state index is 0.759. The lowest BCUT2D eigenvalue weighted by molar-refractivity contribution is 0.656. The maximum Gasteiger partial charge on any atom is 0.0643 e. The third kappa shape index (κ3) is 3.66. The van der Waals surface area contributed by atoms with Gasteiger partial charge in [0, 0.05) is 7.05 Å². The fraction of sp³-hybridized carbons (Fsp3) is 0.389. The van der Waals surface area contributed by atoms with E-state index in [9.17, 15) is 0 Å². The van der Waals surface area contributed by atoms with Crippen molar-refractivity contribution < 1.29 is 0 Å². The van der Waals surface area contributed by atoms with Gasteiger partial charge in [-0.1, -0.05) is 55.3 Å². The molecule has 0 unspecified atom stereocenters. The van der Waals surface area contributed by atoms with Gasteiger partial charge in [-0.15, -0.1) is 0 Å². The average molecular weight is 253 g/mol. The lowest BCUT2D eigenvalue weighted by Crippen LogP contribution is -1.99. The van der Waals surface area contributed by atoms with Crippen molar-refractivity contribution in [1.29, 1.82) is 0 Å². The van der Waals surface area contributed by atoms with E-state index in [0.717, 1.165) is 11.6 Å². The minimum Gasteiger partial charge on any atom is -0.288 e. The van der Waals surface area contributed by atoms with Crippen LogP contribution in [0.2, 0.25) is 0 Å². The molecule has 0 aromatic heterocycles. The van der Waals surface area contributed by atoms with Crippen molar-refractivity contribution in [1.82, 2.24) is 0 Å². The Morgan fingerprint density at radius 2 is 1.79 bits per heavy atom. The van der Waals surface area contributed by atoms with E-state index in [-0.39, 0.29) is 0 Å². The van der Waals surface area contributed by atoms with Crippen LogP contribution in [0.3, 0.4) is 0 Å². The zero-order valence-corrected chi connectivity index (χ0v) is 12.0. The third-order valence-corrected chi connectivity index (χ3v) is 3.90. The smallest absolute Gasteiger partial charge is 0.0643 e. The van der Waals surface area contributed by atoms with Crippen LogP contribution in [-0.4, -0.2) is 12.8 Å². The summed E-state index contributed by atoms with van der Waals surface area (Å²) in [6.07, 6.45) is 12.1. The van der Waals surface area contributed by atoms with Gasteiger partial charge in [-0.2, -0.15) is 0 Å². The summed E-state index contributed by atoms with van der Waals surface area (Å²) in [5.41, 5.74) is 3.70. The standard InChI is InChI=1S/C18H23N/c1-3-15(16-9-7-8-10-16)13-14-18(19-2)17-11-5-4-6-12-17/h3-6,11-14,16H,7-10H2,1-2H3/b14-13-,15-3+,19-18-. The van der Waals surface area contributed by atoms with E-state index in [1.165, 1.54) is 36.8 Å². The molecule has 1 fully saturated rings. The number of benzene rings is 1. The maximum atomic E-state index is 4.39. The Morgan fingerprint density at radius 1 is 1.11 bits per heavy atom. The van der Waals surface area contributed by atoms with Crippen LogP contribution in [0, 0.1) is 5.92 Å². The molecule has 1 heteroatoms. The number of allylic oxidation sites excluding steroid dienone is 4. The van der Waals surface area contributed by atoms with E-state index < -0.39 is 0 Å². The molecule has 0 aliphatic heterocycles. The summed E-state index contributed by atoms with van der Waals surface area (Å²) < 4.78 is 0. The monoisotopic (exact) mass is 253 g/mol. The Kier molecular flexibility index (Phi) is 5.14. The highest BCUT2D eigenvalue weighted by Crippen LogP contribution is 2.31. The molecule has 1 aromatic carbocycles. The van der Waals surface area contributed by atoms with Gasteiger partial charge in [-0.25, -0.2) is 0 Å². The molecular formula is C18H23N. The zero-order chi connectivity index (χ0) is 13.5. The molecule has 0 heterocycles. The topological polar surface area (TPSA) is 12.4 Å². The van der Waals surface area contributed by atoms with Gasteiger partial charge < -0.3 is 0 Å². The van der Waals surface area contributed by atoms with Gasteiger partial charge in [0.25, 0.3) is 0 Å². The molecular weight excluding hydrogens is 230 g/mol. The Morgan fingerprint density at radius 3 is 2.37 bits per heavy atom. The minimum atomic E-state index is 0.759. The van der Waals surface area contributed by atoms with Crippen molar-refractivity contribution >= 4 is 5.71 Å². The largest absolute Gasteiger partial charge is 0.288 e. The summed E-state index contributed by atoms with van der Waals surface area (Å²) in [5.74, 6) is 0.759. The highest BCUT2D eigenvalue weighted by molar-refractivity contribution is 6.08. The fourth-order valence-electron chi connectivity index (χ4n) is 2.81. The number of nitrogens with zero attached hydrogens (tertiary/aromatic N) is 1. The molecule has 1 aliphatic rings. The molecule has 0 N–H and O–H groups in total. The Hall–Kier alpha value is -1.63. The van der Waals surface area contributed by atoms with Crippen molar-refractivity contribution in [3.8, 4) is 0 Å². The first-order chi connectivity index (χ1) is 9.35. The number of aliphatic imine (C=N–C) groups is 1. The second-order valence-electron chi connectivity index (χ2n) is 5.08. The van der Waals surface area contributed by atoms with Crippen molar-refractivity contribution in [2.75, 3.05) is 7.05 Å². The van der Waals surface area contributed by atoms with Crippen molar-refractivity contribution in [2.24, 2.45) is 10.9 Å². The predicted molar refractivity (Wildman–Crippen MR) is 83.8 cm³/mol. The molecule has 1 nitrogen and oxygen atoms in total. The van der Waals surface area contributed by atoms with Crippen LogP contribution >= 0.6 is 0 Å². The van der Waals surface area contributed by atoms with Gasteiger partial charge >= 0.3 is 0 Å². The molecule has 19 heavy (non-hydrogen) atoms. The quantitative estimate of drug-likeness (QED) is 0.540. The van der Waals surface area contributed by atoms with E-state index in [1.54, 1.807) is 0 Å². The summed E-state index contributed by atoms with van der Waals surface area (Å²) in [7, 11) is 1.86. The summed E-state index contributed by atoms with van der Waals surface area (Å²) in [6.45, 7) is 2.14. The molecule has 2 rings (SSSR count). The van der Waals surface area contributed by atoms with Gasteiger partial charge in [-0.3, -0.25) is 4.99 Å². The van der Waals surface area contributed by atoms with Crippen molar-refractivity contribution in [2.45, 2.75) is 32.6 Å². The van der Waals surface area contributed by atoms with Gasteiger partial charge in [0.05, 0.1) is 5.71 Å². The summed E-state index contributed by atoms with van der Waals surface area (Å²) >= 11 is 0. The van der Waals surface area contributed by atoms with Gasteiger partial charge in [0.2, 0.25) is 0 Å². The maximum absolute atomic E-state index is 4.39. The van der Waals surface area contributed by atoms with E-state index in [4.69, 9.17) is 0 Å². The summed E-state index contributed by atoms with van der Waals surface area (Å²) in [5, 5.41) is 0. The van der Waals surface area contributed by atoms with Gasteiger partial charge in [-0.05, 0) is 42.9 Å². The number of hydrogen-bond donors (Lipinski definition) is 0. The second kappa shape index (κ2) is 7.08. The Bertz CT molecular complexity index is 474. The number of rotatable bonds is 4. The van der Waals surface area contributed by atoms with Crippen LogP contribution in [0.4, 0.5) is 0 Å². The molecule has 0 bridgehead atoms. The van der Waals surface area contributed by atoms with E-state index in [2.05, 4.69) is 54.4 Å². The molecule has 100 valence electrons. The van der Waals surface area contributed by atoms with Crippen LogP contribution in [0.1, 0.15) is 38.2 Å². The molecule has 1 aromatic rings. The molecule has 0 amide bonds. The van der Waals surface area contributed by atoms with Crippen LogP contribution in [0.15, 0.2) is 59.1 Å². The van der Waals surface area contributed by atoms with Crippen LogP contribution in [-0.2, 0) is 0 Å². The van der Waals surface area contributed by atoms with E-state index >= 15 is 0 Å². The van der Waals surface area contributed by atoms with Crippen LogP contribution < -0.4 is 0 Å². The Labute approximate surface area is 116 Å². The molecule has 0 spiro atoms. The normalized spacial score (nSPS) is 18.4. The molecule has 0 saturated heterocycles. The van der Waals surface area contributed by atoms with Crippen LogP contribution in [0.5, 0.6) is 0 Å². The molecule has 0 atom stereocenters. The summed E-state index contributed by atoms with van der Waals surface area (Å²) in [4.78, 5) is 4.39. The first-order valence-corrected chi connectivity index (χ1v) is 7.21. The number of hydrogen-bond acceptors (Lipinski definition) is 1. The average Bonchev–Trinajstić information content (AvgIpc) is 2.99. The van der Waals surface area contributed by atoms with Crippen LogP contribution in [0.25, 0.3) is 0 Å². The highest BCUT2D eigenvalue weighted by atomic mass is 14.7. The van der Waals surface area contributed by atoms with Gasteiger partial charge in [0.15, 0.2) is 0 Å². The predicted octanol–water partition coefficient (Wildman–Crippen LogP) is 4.80. The lowest BCUT2D eigenvalue weighted by atomic mass is 9.96. The fourth-order valence-corrected chi connectivity index (χ4v) is 2.81. The Balaban J connectivity index is 2.11. The van der Waals surface area contributed by atoms with Crippen molar-refractivity contribution in [3.05, 3.63) is 59.7 Å². The first kappa shape index (κ1) is 13.8. The lowest BCUT2D eigenvalue weighted by Gasteiger charge is -2.10. The first-order valence-electron chi connectivity index (χ1n) is 7.21. The molecule has 0 radical (unpaired) electrons.